The first-order chi connectivity index (χ1) is 11.8. The molecule has 0 aromatic heterocycles. The van der Waals surface area contributed by atoms with Crippen molar-refractivity contribution in [1.82, 2.24) is 4.90 Å². The van der Waals surface area contributed by atoms with Gasteiger partial charge >= 0.3 is 6.18 Å². The highest BCUT2D eigenvalue weighted by Crippen LogP contribution is 2.29. The van der Waals surface area contributed by atoms with Gasteiger partial charge in [0.05, 0.1) is 12.1 Å². The van der Waals surface area contributed by atoms with Gasteiger partial charge in [-0.3, -0.25) is 9.59 Å². The number of carbonyl (C=O) groups excluding carboxylic acids is 2. The summed E-state index contributed by atoms with van der Waals surface area (Å²) in [6.45, 7) is 0.462. The zero-order valence-corrected chi connectivity index (χ0v) is 13.1. The van der Waals surface area contributed by atoms with Gasteiger partial charge in [0.15, 0.2) is 0 Å². The van der Waals surface area contributed by atoms with Crippen molar-refractivity contribution in [2.45, 2.75) is 12.7 Å². The highest BCUT2D eigenvalue weighted by Gasteiger charge is 2.34. The highest BCUT2D eigenvalue weighted by molar-refractivity contribution is 6.45. The number of rotatable bonds is 3. The molecule has 1 fully saturated rings. The molecule has 0 radical (unpaired) electrons. The summed E-state index contributed by atoms with van der Waals surface area (Å²) in [4.78, 5) is 25.6. The van der Waals surface area contributed by atoms with Crippen molar-refractivity contribution in [2.75, 3.05) is 6.54 Å². The number of halogens is 3. The molecule has 2 aromatic rings. The zero-order chi connectivity index (χ0) is 18.0. The first-order valence-corrected chi connectivity index (χ1v) is 7.60. The maximum Gasteiger partial charge on any atom is 0.416 e. The Labute approximate surface area is 142 Å². The fourth-order valence-corrected chi connectivity index (χ4v) is 2.64. The molecule has 1 heterocycles. The maximum absolute atomic E-state index is 12.6. The van der Waals surface area contributed by atoms with Crippen molar-refractivity contribution in [1.29, 1.82) is 0 Å². The van der Waals surface area contributed by atoms with E-state index in [9.17, 15) is 22.8 Å². The first-order valence-electron chi connectivity index (χ1n) is 7.60. The minimum absolute atomic E-state index is 0.146. The second-order valence-electron chi connectivity index (χ2n) is 5.77. The van der Waals surface area contributed by atoms with Crippen LogP contribution in [0.5, 0.6) is 0 Å². The van der Waals surface area contributed by atoms with Crippen LogP contribution in [0.1, 0.15) is 16.7 Å². The van der Waals surface area contributed by atoms with Gasteiger partial charge in [-0.2, -0.15) is 13.2 Å². The van der Waals surface area contributed by atoms with Crippen LogP contribution in [0, 0.1) is 0 Å². The summed E-state index contributed by atoms with van der Waals surface area (Å²) in [5, 5.41) is 0. The monoisotopic (exact) mass is 345 g/mol. The van der Waals surface area contributed by atoms with Gasteiger partial charge in [0, 0.05) is 12.1 Å². The number of alkyl halides is 3. The summed E-state index contributed by atoms with van der Waals surface area (Å²) < 4.78 is 37.7. The Balaban J connectivity index is 1.77. The van der Waals surface area contributed by atoms with Crippen LogP contribution >= 0.6 is 0 Å². The van der Waals surface area contributed by atoms with Crippen LogP contribution in [0.25, 0.3) is 6.08 Å². The van der Waals surface area contributed by atoms with Gasteiger partial charge in [0.1, 0.15) is 0 Å². The predicted octanol–water partition coefficient (Wildman–Crippen LogP) is 3.70. The SMILES string of the molecule is O=C1C(=O)N(Cc2ccccc2)C/C1=C/c1ccc(C(F)(F)F)cc1. The van der Waals surface area contributed by atoms with E-state index in [1.54, 1.807) is 0 Å². The summed E-state index contributed by atoms with van der Waals surface area (Å²) >= 11 is 0. The highest BCUT2D eigenvalue weighted by atomic mass is 19.4. The number of hydrogen-bond acceptors (Lipinski definition) is 2. The van der Waals surface area contributed by atoms with E-state index in [4.69, 9.17) is 0 Å². The number of nitrogens with zero attached hydrogens (tertiary/aromatic N) is 1. The smallest absolute Gasteiger partial charge is 0.327 e. The van der Waals surface area contributed by atoms with Crippen LogP contribution in [-0.2, 0) is 22.3 Å². The van der Waals surface area contributed by atoms with Crippen LogP contribution in [0.15, 0.2) is 60.2 Å². The van der Waals surface area contributed by atoms with E-state index in [-0.39, 0.29) is 12.1 Å². The lowest BCUT2D eigenvalue weighted by Crippen LogP contribution is -2.26. The minimum atomic E-state index is -4.41. The second-order valence-corrected chi connectivity index (χ2v) is 5.77. The summed E-state index contributed by atoms with van der Waals surface area (Å²) in [5.74, 6) is -1.21. The Bertz CT molecular complexity index is 824. The van der Waals surface area contributed by atoms with Gasteiger partial charge < -0.3 is 4.90 Å². The number of ketones is 1. The lowest BCUT2D eigenvalue weighted by molar-refractivity contribution is -0.139. The topological polar surface area (TPSA) is 37.4 Å². The van der Waals surface area contributed by atoms with Crippen LogP contribution in [0.3, 0.4) is 0 Å². The number of benzene rings is 2. The molecule has 2 aromatic carbocycles. The van der Waals surface area contributed by atoms with Gasteiger partial charge in [0.2, 0.25) is 5.78 Å². The van der Waals surface area contributed by atoms with Crippen molar-refractivity contribution >= 4 is 17.8 Å². The molecule has 1 aliphatic rings. The third-order valence-electron chi connectivity index (χ3n) is 3.93. The van der Waals surface area contributed by atoms with Crippen molar-refractivity contribution in [3.63, 3.8) is 0 Å². The zero-order valence-electron chi connectivity index (χ0n) is 13.1. The number of Topliss-reactive ketones (excluding diaryl/α,β-unsaturated/α-hetero) is 1. The third-order valence-corrected chi connectivity index (χ3v) is 3.93. The molecular weight excluding hydrogens is 331 g/mol. The van der Waals surface area contributed by atoms with Gasteiger partial charge in [-0.15, -0.1) is 0 Å². The Morgan fingerprint density at radius 3 is 2.20 bits per heavy atom. The fraction of sp³-hybridized carbons (Fsp3) is 0.158. The van der Waals surface area contributed by atoms with E-state index in [1.165, 1.54) is 23.1 Å². The standard InChI is InChI=1S/C19H14F3NO2/c20-19(21,22)16-8-6-13(7-9-16)10-15-12-23(18(25)17(15)24)11-14-4-2-1-3-5-14/h1-10H,11-12H2/b15-10-. The average molecular weight is 345 g/mol. The van der Waals surface area contributed by atoms with Crippen LogP contribution in [0.4, 0.5) is 13.2 Å². The normalized spacial score (nSPS) is 16.8. The van der Waals surface area contributed by atoms with Gasteiger partial charge in [-0.25, -0.2) is 0 Å². The van der Waals surface area contributed by atoms with Gasteiger partial charge in [-0.05, 0) is 29.3 Å². The molecule has 1 amide bonds. The molecule has 3 rings (SSSR count). The fourth-order valence-electron chi connectivity index (χ4n) is 2.64. The molecule has 0 bridgehead atoms. The minimum Gasteiger partial charge on any atom is -0.327 e. The van der Waals surface area contributed by atoms with Gasteiger partial charge in [0.25, 0.3) is 5.91 Å². The van der Waals surface area contributed by atoms with E-state index in [0.717, 1.165) is 17.7 Å². The molecule has 0 atom stereocenters. The molecular formula is C19H14F3NO2. The second kappa shape index (κ2) is 6.55. The van der Waals surface area contributed by atoms with E-state index in [1.807, 2.05) is 30.3 Å². The van der Waals surface area contributed by atoms with Crippen molar-refractivity contribution < 1.29 is 22.8 Å². The molecule has 0 aliphatic carbocycles. The molecule has 1 saturated heterocycles. The van der Waals surface area contributed by atoms with E-state index < -0.39 is 23.4 Å². The van der Waals surface area contributed by atoms with Crippen LogP contribution in [-0.4, -0.2) is 23.1 Å². The summed E-state index contributed by atoms with van der Waals surface area (Å²) in [6, 6.07) is 13.7. The van der Waals surface area contributed by atoms with Crippen molar-refractivity contribution in [3.05, 3.63) is 76.9 Å². The summed E-state index contributed by atoms with van der Waals surface area (Å²) in [7, 11) is 0. The van der Waals surface area contributed by atoms with Crippen LogP contribution in [0.2, 0.25) is 0 Å². The Morgan fingerprint density at radius 1 is 0.960 bits per heavy atom. The number of hydrogen-bond donors (Lipinski definition) is 0. The van der Waals surface area contributed by atoms with E-state index in [2.05, 4.69) is 0 Å². The molecule has 0 saturated carbocycles. The molecule has 6 heteroatoms. The third kappa shape index (κ3) is 3.79. The molecule has 0 spiro atoms. The maximum atomic E-state index is 12.6. The molecule has 128 valence electrons. The molecule has 0 unspecified atom stereocenters. The van der Waals surface area contributed by atoms with Crippen LogP contribution < -0.4 is 0 Å². The number of amides is 1. The molecule has 0 N–H and O–H groups in total. The molecule has 1 aliphatic heterocycles. The molecule has 3 nitrogen and oxygen atoms in total. The molecule has 25 heavy (non-hydrogen) atoms. The van der Waals surface area contributed by atoms with Gasteiger partial charge in [-0.1, -0.05) is 42.5 Å². The predicted molar refractivity (Wildman–Crippen MR) is 86.3 cm³/mol. The number of carbonyl (C=O) groups is 2. The van der Waals surface area contributed by atoms with Crippen molar-refractivity contribution in [2.24, 2.45) is 0 Å². The van der Waals surface area contributed by atoms with E-state index in [0.29, 0.717) is 12.1 Å². The van der Waals surface area contributed by atoms with Crippen molar-refractivity contribution in [3.8, 4) is 0 Å². The first kappa shape index (κ1) is 17.0. The lowest BCUT2D eigenvalue weighted by Gasteiger charge is -2.13. The Morgan fingerprint density at radius 2 is 1.60 bits per heavy atom. The van der Waals surface area contributed by atoms with E-state index >= 15 is 0 Å². The average Bonchev–Trinajstić information content (AvgIpc) is 2.84. The Kier molecular flexibility index (Phi) is 4.44. The summed E-state index contributed by atoms with van der Waals surface area (Å²) in [6.07, 6.45) is -2.94. The Hall–Kier alpha value is -2.89. The lowest BCUT2D eigenvalue weighted by atomic mass is 10.1. The summed E-state index contributed by atoms with van der Waals surface area (Å²) in [5.41, 5.74) is 0.875. The number of likely N-dealkylation sites (tertiary alicyclic amines) is 1. The quantitative estimate of drug-likeness (QED) is 0.628. The largest absolute Gasteiger partial charge is 0.416 e.